The largest absolute Gasteiger partial charge is 0.350 e. The summed E-state index contributed by atoms with van der Waals surface area (Å²) in [5.41, 5.74) is 9.40. The molecule has 1 aromatic carbocycles. The van der Waals surface area contributed by atoms with Crippen LogP contribution >= 0.6 is 0 Å². The summed E-state index contributed by atoms with van der Waals surface area (Å²) in [4.78, 5) is 13.0. The molecule has 110 valence electrons. The predicted molar refractivity (Wildman–Crippen MR) is 82.6 cm³/mol. The minimum Gasteiger partial charge on any atom is -0.350 e. The fourth-order valence-corrected chi connectivity index (χ4v) is 2.11. The Labute approximate surface area is 120 Å². The number of rotatable bonds is 8. The first-order valence-electron chi connectivity index (χ1n) is 7.06. The number of carbonyl (C=O) groups is 1. The summed E-state index contributed by atoms with van der Waals surface area (Å²) in [5.74, 6) is 0. The number of carbonyl (C=O) groups excluding carboxylic acids is 1. The zero-order valence-corrected chi connectivity index (χ0v) is 12.3. The molecule has 0 heterocycles. The maximum absolute atomic E-state index is 10.6. The summed E-state index contributed by atoms with van der Waals surface area (Å²) < 4.78 is 0. The Morgan fingerprint density at radius 1 is 1.30 bits per heavy atom. The molecule has 0 aliphatic heterocycles. The molecule has 2 amide bonds. The summed E-state index contributed by atoms with van der Waals surface area (Å²) in [6, 6.07) is 7.39. The molecule has 0 atom stereocenters. The Kier molecular flexibility index (Phi) is 7.35. The second kappa shape index (κ2) is 9.09. The van der Waals surface area contributed by atoms with Gasteiger partial charge in [0.05, 0.1) is 6.21 Å². The number of hydrogen-bond acceptors (Lipinski definition) is 3. The predicted octanol–water partition coefficient (Wildman–Crippen LogP) is 2.31. The van der Waals surface area contributed by atoms with Crippen LogP contribution in [0.15, 0.2) is 29.4 Å². The standard InChI is InChI=1S/C15H24N4O/c1-3-9-19(10-4-2)12-14-8-6-5-7-13(14)11-17-18-15(16)20/h5-8,11H,3-4,9-10,12H2,1-2H3,(H3,16,18,20). The van der Waals surface area contributed by atoms with Crippen LogP contribution in [0.3, 0.4) is 0 Å². The minimum atomic E-state index is -0.655. The molecule has 0 spiro atoms. The number of nitrogens with two attached hydrogens (primary N) is 1. The van der Waals surface area contributed by atoms with Gasteiger partial charge >= 0.3 is 6.03 Å². The third-order valence-corrected chi connectivity index (χ3v) is 2.91. The number of hydrogen-bond donors (Lipinski definition) is 2. The Hall–Kier alpha value is -1.88. The Morgan fingerprint density at radius 2 is 1.95 bits per heavy atom. The Bertz CT molecular complexity index is 439. The first-order valence-corrected chi connectivity index (χ1v) is 7.06. The number of benzene rings is 1. The normalized spacial score (nSPS) is 11.2. The van der Waals surface area contributed by atoms with Crippen LogP contribution in [0.25, 0.3) is 0 Å². The SMILES string of the molecule is CCCN(CCC)Cc1ccccc1C=NNC(N)=O. The third kappa shape index (κ3) is 5.84. The molecule has 1 rings (SSSR count). The zero-order valence-electron chi connectivity index (χ0n) is 12.3. The molecule has 0 bridgehead atoms. The van der Waals surface area contributed by atoms with E-state index in [2.05, 4.69) is 35.3 Å². The number of nitrogens with zero attached hydrogens (tertiary/aromatic N) is 2. The molecular weight excluding hydrogens is 252 g/mol. The van der Waals surface area contributed by atoms with Crippen LogP contribution in [0.5, 0.6) is 0 Å². The average molecular weight is 276 g/mol. The van der Waals surface area contributed by atoms with E-state index in [1.54, 1.807) is 6.21 Å². The lowest BCUT2D eigenvalue weighted by atomic mass is 10.1. The molecule has 1 aromatic rings. The maximum Gasteiger partial charge on any atom is 0.332 e. The molecule has 20 heavy (non-hydrogen) atoms. The fourth-order valence-electron chi connectivity index (χ4n) is 2.11. The van der Waals surface area contributed by atoms with Crippen molar-refractivity contribution in [3.05, 3.63) is 35.4 Å². The van der Waals surface area contributed by atoms with Crippen molar-refractivity contribution >= 4 is 12.2 Å². The van der Waals surface area contributed by atoms with Crippen LogP contribution in [0.1, 0.15) is 37.8 Å². The maximum atomic E-state index is 10.6. The van der Waals surface area contributed by atoms with Crippen LogP contribution in [0.4, 0.5) is 4.79 Å². The van der Waals surface area contributed by atoms with E-state index < -0.39 is 6.03 Å². The van der Waals surface area contributed by atoms with E-state index >= 15 is 0 Å². The first-order chi connectivity index (χ1) is 9.67. The van der Waals surface area contributed by atoms with Gasteiger partial charge in [0.2, 0.25) is 0 Å². The van der Waals surface area contributed by atoms with Gasteiger partial charge in [-0.05, 0) is 37.1 Å². The highest BCUT2D eigenvalue weighted by atomic mass is 16.2. The summed E-state index contributed by atoms with van der Waals surface area (Å²) >= 11 is 0. The van der Waals surface area contributed by atoms with Crippen molar-refractivity contribution < 1.29 is 4.79 Å². The van der Waals surface area contributed by atoms with Crippen molar-refractivity contribution in [1.82, 2.24) is 10.3 Å². The van der Waals surface area contributed by atoms with E-state index in [0.717, 1.165) is 38.0 Å². The highest BCUT2D eigenvalue weighted by Crippen LogP contribution is 2.11. The molecule has 0 radical (unpaired) electrons. The fraction of sp³-hybridized carbons (Fsp3) is 0.467. The van der Waals surface area contributed by atoms with Gasteiger partial charge in [0.25, 0.3) is 0 Å². The van der Waals surface area contributed by atoms with E-state index in [1.807, 2.05) is 18.2 Å². The third-order valence-electron chi connectivity index (χ3n) is 2.91. The van der Waals surface area contributed by atoms with Crippen molar-refractivity contribution in [2.75, 3.05) is 13.1 Å². The zero-order chi connectivity index (χ0) is 14.8. The molecule has 0 saturated heterocycles. The van der Waals surface area contributed by atoms with Crippen molar-refractivity contribution in [2.45, 2.75) is 33.2 Å². The van der Waals surface area contributed by atoms with Gasteiger partial charge in [0.15, 0.2) is 0 Å². The molecule has 0 unspecified atom stereocenters. The Balaban J connectivity index is 2.77. The lowest BCUT2D eigenvalue weighted by Gasteiger charge is -2.21. The lowest BCUT2D eigenvalue weighted by molar-refractivity contribution is 0.249. The topological polar surface area (TPSA) is 70.7 Å². The quantitative estimate of drug-likeness (QED) is 0.565. The molecule has 0 aliphatic carbocycles. The number of nitrogens with one attached hydrogen (secondary N) is 1. The highest BCUT2D eigenvalue weighted by molar-refractivity contribution is 5.83. The molecule has 0 aliphatic rings. The monoisotopic (exact) mass is 276 g/mol. The molecule has 5 heteroatoms. The van der Waals surface area contributed by atoms with Gasteiger partial charge in [-0.25, -0.2) is 10.2 Å². The van der Waals surface area contributed by atoms with Crippen molar-refractivity contribution in [1.29, 1.82) is 0 Å². The molecular formula is C15H24N4O. The summed E-state index contributed by atoms with van der Waals surface area (Å²) in [7, 11) is 0. The van der Waals surface area contributed by atoms with E-state index in [4.69, 9.17) is 5.73 Å². The summed E-state index contributed by atoms with van der Waals surface area (Å²) in [6.45, 7) is 7.43. The second-order valence-electron chi connectivity index (χ2n) is 4.71. The minimum absolute atomic E-state index is 0.655. The van der Waals surface area contributed by atoms with E-state index in [1.165, 1.54) is 5.56 Å². The molecule has 0 saturated carbocycles. The van der Waals surface area contributed by atoms with Crippen molar-refractivity contribution in [3.8, 4) is 0 Å². The number of primary amides is 1. The van der Waals surface area contributed by atoms with Gasteiger partial charge in [-0.2, -0.15) is 5.10 Å². The van der Waals surface area contributed by atoms with Crippen LogP contribution < -0.4 is 11.2 Å². The average Bonchev–Trinajstić information content (AvgIpc) is 2.41. The molecule has 3 N–H and O–H groups in total. The van der Waals surface area contributed by atoms with Gasteiger partial charge in [-0.1, -0.05) is 38.1 Å². The van der Waals surface area contributed by atoms with Crippen LogP contribution in [0, 0.1) is 0 Å². The highest BCUT2D eigenvalue weighted by Gasteiger charge is 2.06. The number of amides is 2. The van der Waals surface area contributed by atoms with Crippen molar-refractivity contribution in [3.63, 3.8) is 0 Å². The second-order valence-corrected chi connectivity index (χ2v) is 4.71. The molecule has 0 fully saturated rings. The van der Waals surface area contributed by atoms with Gasteiger partial charge in [0, 0.05) is 6.54 Å². The van der Waals surface area contributed by atoms with Gasteiger partial charge < -0.3 is 5.73 Å². The van der Waals surface area contributed by atoms with Crippen LogP contribution in [-0.2, 0) is 6.54 Å². The van der Waals surface area contributed by atoms with Gasteiger partial charge in [-0.15, -0.1) is 0 Å². The van der Waals surface area contributed by atoms with Gasteiger partial charge in [-0.3, -0.25) is 4.90 Å². The van der Waals surface area contributed by atoms with Crippen molar-refractivity contribution in [2.24, 2.45) is 10.8 Å². The molecule has 5 nitrogen and oxygen atoms in total. The lowest BCUT2D eigenvalue weighted by Crippen LogP contribution is -2.26. The summed E-state index contributed by atoms with van der Waals surface area (Å²) in [5, 5.41) is 3.83. The smallest absolute Gasteiger partial charge is 0.332 e. The van der Waals surface area contributed by atoms with Gasteiger partial charge in [0.1, 0.15) is 0 Å². The molecule has 0 aromatic heterocycles. The van der Waals surface area contributed by atoms with E-state index in [9.17, 15) is 4.79 Å². The Morgan fingerprint density at radius 3 is 2.55 bits per heavy atom. The van der Waals surface area contributed by atoms with Crippen LogP contribution in [0.2, 0.25) is 0 Å². The van der Waals surface area contributed by atoms with Crippen LogP contribution in [-0.4, -0.2) is 30.2 Å². The summed E-state index contributed by atoms with van der Waals surface area (Å²) in [6.07, 6.45) is 3.91. The van der Waals surface area contributed by atoms with E-state index in [0.29, 0.717) is 0 Å². The number of urea groups is 1. The number of hydrazone groups is 1. The first kappa shape index (κ1) is 16.2. The van der Waals surface area contributed by atoms with E-state index in [-0.39, 0.29) is 0 Å².